The number of nitrogens with one attached hydrogen (secondary N) is 2. The lowest BCUT2D eigenvalue weighted by molar-refractivity contribution is 0.688. The Kier molecular flexibility index (Phi) is 4.86. The van der Waals surface area contributed by atoms with Crippen molar-refractivity contribution in [3.8, 4) is 0 Å². The second kappa shape index (κ2) is 6.37. The second-order valence-electron chi connectivity index (χ2n) is 2.72. The molecule has 0 aliphatic carbocycles. The first-order valence-electron chi connectivity index (χ1n) is 4.64. The van der Waals surface area contributed by atoms with Crippen LogP contribution in [0, 0.1) is 0 Å². The Bertz CT molecular complexity index is 212. The highest BCUT2D eigenvalue weighted by Gasteiger charge is 1.90. The van der Waals surface area contributed by atoms with Crippen molar-refractivity contribution < 1.29 is 0 Å². The molecule has 4 heteroatoms. The molecule has 1 rings (SSSR count). The van der Waals surface area contributed by atoms with Crippen molar-refractivity contribution in [2.24, 2.45) is 0 Å². The molecule has 72 valence electrons. The second-order valence-corrected chi connectivity index (χ2v) is 2.72. The number of hydrogen-bond donors (Lipinski definition) is 2. The Labute approximate surface area is 78.8 Å². The smallest absolute Gasteiger partial charge is 0.144 e. The largest absolute Gasteiger partial charge is 0.369 e. The van der Waals surface area contributed by atoms with E-state index in [1.165, 1.54) is 0 Å². The number of nitrogens with zero attached hydrogens (tertiary/aromatic N) is 2. The first kappa shape index (κ1) is 9.92. The zero-order valence-corrected chi connectivity index (χ0v) is 7.95. The maximum Gasteiger partial charge on any atom is 0.144 e. The molecule has 1 heterocycles. The average molecular weight is 180 g/mol. The molecule has 0 bridgehead atoms. The molecule has 0 unspecified atom stereocenters. The van der Waals surface area contributed by atoms with E-state index in [4.69, 9.17) is 0 Å². The summed E-state index contributed by atoms with van der Waals surface area (Å²) < 4.78 is 0. The van der Waals surface area contributed by atoms with Gasteiger partial charge in [0, 0.05) is 18.9 Å². The fourth-order valence-electron chi connectivity index (χ4n) is 0.997. The van der Waals surface area contributed by atoms with Crippen molar-refractivity contribution in [1.82, 2.24) is 15.3 Å². The zero-order valence-electron chi connectivity index (χ0n) is 7.95. The predicted octanol–water partition coefficient (Wildman–Crippen LogP) is 0.888. The van der Waals surface area contributed by atoms with Gasteiger partial charge in [-0.05, 0) is 19.5 Å². The van der Waals surface area contributed by atoms with E-state index >= 15 is 0 Å². The summed E-state index contributed by atoms with van der Waals surface area (Å²) in [7, 11) is 0. The summed E-state index contributed by atoms with van der Waals surface area (Å²) in [4.78, 5) is 8.06. The molecule has 0 radical (unpaired) electrons. The van der Waals surface area contributed by atoms with Crippen LogP contribution in [0.3, 0.4) is 0 Å². The van der Waals surface area contributed by atoms with Crippen LogP contribution in [0.5, 0.6) is 0 Å². The summed E-state index contributed by atoms with van der Waals surface area (Å²) >= 11 is 0. The predicted molar refractivity (Wildman–Crippen MR) is 53.7 cm³/mol. The SMILES string of the molecule is CCNCCCNc1cnccn1. The number of rotatable bonds is 6. The first-order valence-corrected chi connectivity index (χ1v) is 4.64. The van der Waals surface area contributed by atoms with E-state index in [2.05, 4.69) is 27.5 Å². The molecule has 0 spiro atoms. The maximum absolute atomic E-state index is 4.10. The molecule has 0 saturated heterocycles. The quantitative estimate of drug-likeness (QED) is 0.638. The highest BCUT2D eigenvalue weighted by atomic mass is 15.0. The van der Waals surface area contributed by atoms with Crippen LogP contribution in [0.2, 0.25) is 0 Å². The summed E-state index contributed by atoms with van der Waals surface area (Å²) in [5.41, 5.74) is 0. The minimum absolute atomic E-state index is 0.846. The summed E-state index contributed by atoms with van der Waals surface area (Å²) in [5.74, 6) is 0.846. The van der Waals surface area contributed by atoms with Crippen molar-refractivity contribution in [2.45, 2.75) is 13.3 Å². The van der Waals surface area contributed by atoms with Crippen LogP contribution in [0.1, 0.15) is 13.3 Å². The lowest BCUT2D eigenvalue weighted by Gasteiger charge is -2.04. The lowest BCUT2D eigenvalue weighted by Crippen LogP contribution is -2.17. The molecule has 0 aliphatic heterocycles. The van der Waals surface area contributed by atoms with Gasteiger partial charge in [0.1, 0.15) is 5.82 Å². The number of hydrogen-bond acceptors (Lipinski definition) is 4. The first-order chi connectivity index (χ1) is 6.43. The molecule has 0 fully saturated rings. The molecule has 0 atom stereocenters. The van der Waals surface area contributed by atoms with Crippen LogP contribution in [0.4, 0.5) is 5.82 Å². The van der Waals surface area contributed by atoms with E-state index in [0.717, 1.165) is 31.9 Å². The van der Waals surface area contributed by atoms with Gasteiger partial charge in [-0.1, -0.05) is 6.92 Å². The van der Waals surface area contributed by atoms with Gasteiger partial charge in [-0.3, -0.25) is 4.98 Å². The monoisotopic (exact) mass is 180 g/mol. The molecular formula is C9H16N4. The minimum atomic E-state index is 0.846. The Morgan fingerprint density at radius 3 is 2.92 bits per heavy atom. The fraction of sp³-hybridized carbons (Fsp3) is 0.556. The van der Waals surface area contributed by atoms with Gasteiger partial charge in [0.05, 0.1) is 6.20 Å². The topological polar surface area (TPSA) is 49.8 Å². The van der Waals surface area contributed by atoms with E-state index in [1.807, 2.05) is 0 Å². The molecule has 0 aliphatic rings. The summed E-state index contributed by atoms with van der Waals surface area (Å²) in [6, 6.07) is 0. The van der Waals surface area contributed by atoms with Gasteiger partial charge < -0.3 is 10.6 Å². The van der Waals surface area contributed by atoms with Crippen LogP contribution in [-0.4, -0.2) is 29.6 Å². The number of anilines is 1. The minimum Gasteiger partial charge on any atom is -0.369 e. The van der Waals surface area contributed by atoms with E-state index in [1.54, 1.807) is 18.6 Å². The van der Waals surface area contributed by atoms with Crippen LogP contribution < -0.4 is 10.6 Å². The molecule has 1 aromatic rings. The third-order valence-corrected chi connectivity index (χ3v) is 1.65. The van der Waals surface area contributed by atoms with Crippen molar-refractivity contribution in [3.63, 3.8) is 0 Å². The molecular weight excluding hydrogens is 164 g/mol. The highest BCUT2D eigenvalue weighted by molar-refractivity contribution is 5.29. The third-order valence-electron chi connectivity index (χ3n) is 1.65. The van der Waals surface area contributed by atoms with Gasteiger partial charge in [-0.25, -0.2) is 4.98 Å². The zero-order chi connectivity index (χ0) is 9.36. The number of aromatic nitrogens is 2. The van der Waals surface area contributed by atoms with Crippen LogP contribution in [0.15, 0.2) is 18.6 Å². The Morgan fingerprint density at radius 1 is 1.31 bits per heavy atom. The molecule has 0 saturated carbocycles. The normalized spacial score (nSPS) is 9.92. The molecule has 0 amide bonds. The highest BCUT2D eigenvalue weighted by Crippen LogP contribution is 1.95. The summed E-state index contributed by atoms with van der Waals surface area (Å²) in [5, 5.41) is 6.45. The Balaban J connectivity index is 2.07. The Hall–Kier alpha value is -1.16. The lowest BCUT2D eigenvalue weighted by atomic mass is 10.4. The summed E-state index contributed by atoms with van der Waals surface area (Å²) in [6.07, 6.45) is 6.19. The summed E-state index contributed by atoms with van der Waals surface area (Å²) in [6.45, 7) is 5.12. The standard InChI is InChI=1S/C9H16N4/c1-2-10-4-3-5-12-9-8-11-6-7-13-9/h6-8,10H,2-5H2,1H3,(H,12,13). The molecule has 0 aromatic carbocycles. The fourth-order valence-corrected chi connectivity index (χ4v) is 0.997. The molecule has 13 heavy (non-hydrogen) atoms. The maximum atomic E-state index is 4.10. The van der Waals surface area contributed by atoms with Crippen molar-refractivity contribution >= 4 is 5.82 Å². The van der Waals surface area contributed by atoms with E-state index in [9.17, 15) is 0 Å². The van der Waals surface area contributed by atoms with Gasteiger partial charge in [-0.15, -0.1) is 0 Å². The van der Waals surface area contributed by atoms with Crippen molar-refractivity contribution in [3.05, 3.63) is 18.6 Å². The van der Waals surface area contributed by atoms with E-state index < -0.39 is 0 Å². The van der Waals surface area contributed by atoms with Crippen LogP contribution >= 0.6 is 0 Å². The van der Waals surface area contributed by atoms with Crippen molar-refractivity contribution in [1.29, 1.82) is 0 Å². The van der Waals surface area contributed by atoms with Crippen LogP contribution in [-0.2, 0) is 0 Å². The van der Waals surface area contributed by atoms with Gasteiger partial charge >= 0.3 is 0 Å². The Morgan fingerprint density at radius 2 is 2.23 bits per heavy atom. The van der Waals surface area contributed by atoms with Gasteiger partial charge in [0.25, 0.3) is 0 Å². The molecule has 4 nitrogen and oxygen atoms in total. The van der Waals surface area contributed by atoms with E-state index in [0.29, 0.717) is 0 Å². The van der Waals surface area contributed by atoms with E-state index in [-0.39, 0.29) is 0 Å². The van der Waals surface area contributed by atoms with Gasteiger partial charge in [0.15, 0.2) is 0 Å². The molecule has 1 aromatic heterocycles. The van der Waals surface area contributed by atoms with Gasteiger partial charge in [-0.2, -0.15) is 0 Å². The van der Waals surface area contributed by atoms with Crippen LogP contribution in [0.25, 0.3) is 0 Å². The molecule has 2 N–H and O–H groups in total. The van der Waals surface area contributed by atoms with Gasteiger partial charge in [0.2, 0.25) is 0 Å². The van der Waals surface area contributed by atoms with Crippen molar-refractivity contribution in [2.75, 3.05) is 25.0 Å². The average Bonchev–Trinajstić information content (AvgIpc) is 2.19. The third kappa shape index (κ3) is 4.42.